The molecular weight excluding hydrogens is 219 g/mol. The lowest BCUT2D eigenvalue weighted by Crippen LogP contribution is -2.23. The predicted molar refractivity (Wildman–Crippen MR) is 67.3 cm³/mol. The highest BCUT2D eigenvalue weighted by Gasteiger charge is 2.39. The van der Waals surface area contributed by atoms with Crippen LogP contribution in [0.25, 0.3) is 0 Å². The van der Waals surface area contributed by atoms with Gasteiger partial charge in [0, 0.05) is 13.2 Å². The Morgan fingerprint density at radius 2 is 1.94 bits per heavy atom. The van der Waals surface area contributed by atoms with Gasteiger partial charge in [-0.25, -0.2) is 0 Å². The molecule has 1 fully saturated rings. The Hall–Kier alpha value is -0.775. The van der Waals surface area contributed by atoms with Gasteiger partial charge in [-0.05, 0) is 39.7 Å². The summed E-state index contributed by atoms with van der Waals surface area (Å²) in [6.45, 7) is 12.7. The van der Waals surface area contributed by atoms with Crippen LogP contribution in [0.1, 0.15) is 27.7 Å². The molecule has 1 saturated heterocycles. The van der Waals surface area contributed by atoms with Gasteiger partial charge in [0.1, 0.15) is 5.60 Å². The number of rotatable bonds is 6. The van der Waals surface area contributed by atoms with Crippen LogP contribution in [0, 0.1) is 0 Å². The van der Waals surface area contributed by atoms with Gasteiger partial charge in [-0.1, -0.05) is 6.58 Å². The molecule has 0 amide bonds. The Bertz CT molecular complexity index is 282. The molecule has 0 saturated carbocycles. The molecule has 4 nitrogen and oxygen atoms in total. The first-order valence-electron chi connectivity index (χ1n) is 5.95. The number of hydrogen-bond acceptors (Lipinski definition) is 4. The van der Waals surface area contributed by atoms with Crippen LogP contribution in [0.5, 0.6) is 0 Å². The summed E-state index contributed by atoms with van der Waals surface area (Å²) in [7, 11) is -0.416. The molecule has 0 radical (unpaired) electrons. The van der Waals surface area contributed by atoms with Gasteiger partial charge < -0.3 is 18.8 Å². The molecule has 0 aliphatic carbocycles. The van der Waals surface area contributed by atoms with Crippen molar-refractivity contribution in [2.45, 2.75) is 39.6 Å². The smallest absolute Gasteiger partial charge is 0.534 e. The molecule has 0 atom stereocenters. The summed E-state index contributed by atoms with van der Waals surface area (Å²) >= 11 is 0. The van der Waals surface area contributed by atoms with Gasteiger partial charge in [-0.2, -0.15) is 0 Å². The second-order valence-corrected chi connectivity index (χ2v) is 4.20. The van der Waals surface area contributed by atoms with Crippen LogP contribution in [0.4, 0.5) is 0 Å². The lowest BCUT2D eigenvalue weighted by atomic mass is 9.90. The molecule has 17 heavy (non-hydrogen) atoms. The van der Waals surface area contributed by atoms with E-state index in [1.807, 2.05) is 27.7 Å². The van der Waals surface area contributed by atoms with E-state index in [2.05, 4.69) is 6.58 Å². The molecule has 1 rings (SSSR count). The number of hydrogen-bond donors (Lipinski definition) is 0. The van der Waals surface area contributed by atoms with E-state index in [-0.39, 0.29) is 6.29 Å². The molecule has 0 unspecified atom stereocenters. The average molecular weight is 240 g/mol. The molecule has 1 aliphatic rings. The third kappa shape index (κ3) is 4.18. The molecule has 0 bridgehead atoms. The summed E-state index contributed by atoms with van der Waals surface area (Å²) in [5.74, 6) is 2.42. The second kappa shape index (κ2) is 6.24. The minimum absolute atomic E-state index is 0.353. The largest absolute Gasteiger partial charge is 0.555 e. The Kier molecular flexibility index (Phi) is 5.24. The van der Waals surface area contributed by atoms with E-state index in [1.54, 1.807) is 12.1 Å². The van der Waals surface area contributed by atoms with Crippen molar-refractivity contribution in [1.29, 1.82) is 0 Å². The summed E-state index contributed by atoms with van der Waals surface area (Å²) in [5.41, 5.74) is -0.443. The third-order valence-electron chi connectivity index (χ3n) is 2.43. The van der Waals surface area contributed by atoms with E-state index in [9.17, 15) is 0 Å². The van der Waals surface area contributed by atoms with Gasteiger partial charge in [-0.3, -0.25) is 0 Å². The van der Waals surface area contributed by atoms with Crippen molar-refractivity contribution in [2.24, 2.45) is 0 Å². The van der Waals surface area contributed by atoms with Crippen molar-refractivity contribution in [1.82, 2.24) is 0 Å². The first kappa shape index (κ1) is 14.3. The Morgan fingerprint density at radius 3 is 2.35 bits per heavy atom. The Labute approximate surface area is 104 Å². The summed E-state index contributed by atoms with van der Waals surface area (Å²) in [6.07, 6.45) is 1.45. The van der Waals surface area contributed by atoms with Crippen LogP contribution in [-0.4, -0.2) is 32.2 Å². The maximum Gasteiger partial charge on any atom is 0.555 e. The van der Waals surface area contributed by atoms with Gasteiger partial charge in [0.25, 0.3) is 0 Å². The molecule has 96 valence electrons. The summed E-state index contributed by atoms with van der Waals surface area (Å²) in [5, 5.41) is 0. The van der Waals surface area contributed by atoms with Gasteiger partial charge in [0.15, 0.2) is 6.29 Å². The normalized spacial score (nSPS) is 19.4. The fourth-order valence-corrected chi connectivity index (χ4v) is 1.41. The zero-order chi connectivity index (χ0) is 12.9. The molecule has 0 aromatic carbocycles. The van der Waals surface area contributed by atoms with E-state index in [0.717, 1.165) is 0 Å². The zero-order valence-corrected chi connectivity index (χ0v) is 11.1. The van der Waals surface area contributed by atoms with E-state index < -0.39 is 12.7 Å². The zero-order valence-electron chi connectivity index (χ0n) is 11.1. The Morgan fingerprint density at radius 1 is 1.35 bits per heavy atom. The fourth-order valence-electron chi connectivity index (χ4n) is 1.41. The Balaban J connectivity index is 2.50. The molecule has 0 N–H and O–H groups in total. The van der Waals surface area contributed by atoms with E-state index >= 15 is 0 Å². The third-order valence-corrected chi connectivity index (χ3v) is 2.43. The highest BCUT2D eigenvalue weighted by Crippen LogP contribution is 2.29. The molecule has 0 aromatic heterocycles. The van der Waals surface area contributed by atoms with Crippen LogP contribution in [-0.2, 0) is 18.8 Å². The van der Waals surface area contributed by atoms with Gasteiger partial charge in [0.05, 0.1) is 5.76 Å². The minimum Gasteiger partial charge on any atom is -0.534 e. The molecule has 0 aromatic rings. The maximum atomic E-state index is 5.65. The van der Waals surface area contributed by atoms with Crippen LogP contribution in [0.15, 0.2) is 24.4 Å². The minimum atomic E-state index is -0.443. The van der Waals surface area contributed by atoms with Gasteiger partial charge in [-0.15, -0.1) is 0 Å². The standard InChI is InChI=1S/C12H21BO4/c1-6-14-11(15-7-2)8-9-13-16-10(3)12(4,5)17-13/h8-9,11H,3,6-7H2,1-2,4-5H3/b9-8+. The monoisotopic (exact) mass is 240 g/mol. The molecule has 1 aliphatic heterocycles. The second-order valence-electron chi connectivity index (χ2n) is 4.20. The van der Waals surface area contributed by atoms with Crippen molar-refractivity contribution in [2.75, 3.05) is 13.2 Å². The van der Waals surface area contributed by atoms with Crippen LogP contribution in [0.2, 0.25) is 0 Å². The van der Waals surface area contributed by atoms with Crippen molar-refractivity contribution < 1.29 is 18.8 Å². The van der Waals surface area contributed by atoms with Crippen molar-refractivity contribution in [3.05, 3.63) is 24.4 Å². The highest BCUT2D eigenvalue weighted by atomic mass is 16.7. The quantitative estimate of drug-likeness (QED) is 0.527. The average Bonchev–Trinajstić information content (AvgIpc) is 2.50. The van der Waals surface area contributed by atoms with Crippen molar-refractivity contribution >= 4 is 7.12 Å². The molecule has 5 heteroatoms. The highest BCUT2D eigenvalue weighted by molar-refractivity contribution is 6.52. The lowest BCUT2D eigenvalue weighted by Gasteiger charge is -2.15. The SMILES string of the molecule is C=C1OB(/C=C/C(OCC)OCC)OC1(C)C. The van der Waals surface area contributed by atoms with Crippen molar-refractivity contribution in [3.8, 4) is 0 Å². The lowest BCUT2D eigenvalue weighted by molar-refractivity contribution is -0.103. The first-order chi connectivity index (χ1) is 7.99. The fraction of sp³-hybridized carbons (Fsp3) is 0.667. The van der Waals surface area contributed by atoms with Crippen LogP contribution < -0.4 is 0 Å². The topological polar surface area (TPSA) is 36.9 Å². The molecule has 1 heterocycles. The van der Waals surface area contributed by atoms with Crippen molar-refractivity contribution in [3.63, 3.8) is 0 Å². The maximum absolute atomic E-state index is 5.65. The number of ether oxygens (including phenoxy) is 2. The first-order valence-corrected chi connectivity index (χ1v) is 5.95. The molecular formula is C12H21BO4. The van der Waals surface area contributed by atoms with Gasteiger partial charge in [0.2, 0.25) is 0 Å². The van der Waals surface area contributed by atoms with Crippen LogP contribution in [0.3, 0.4) is 0 Å². The van der Waals surface area contributed by atoms with Crippen LogP contribution >= 0.6 is 0 Å². The van der Waals surface area contributed by atoms with Gasteiger partial charge >= 0.3 is 7.12 Å². The summed E-state index contributed by atoms with van der Waals surface area (Å²) < 4.78 is 21.9. The summed E-state index contributed by atoms with van der Waals surface area (Å²) in [6, 6.07) is 0. The van der Waals surface area contributed by atoms with E-state index in [4.69, 9.17) is 18.8 Å². The van der Waals surface area contributed by atoms with E-state index in [0.29, 0.717) is 19.0 Å². The molecule has 0 spiro atoms. The van der Waals surface area contributed by atoms with E-state index in [1.165, 1.54) is 0 Å². The predicted octanol–water partition coefficient (Wildman–Crippen LogP) is 2.31. The summed E-state index contributed by atoms with van der Waals surface area (Å²) in [4.78, 5) is 0.